The number of pyridine rings is 1. The predicted octanol–water partition coefficient (Wildman–Crippen LogP) is 4.37. The summed E-state index contributed by atoms with van der Waals surface area (Å²) in [7, 11) is 3.02. The van der Waals surface area contributed by atoms with Gasteiger partial charge in [-0.3, -0.25) is 9.78 Å². The topological polar surface area (TPSA) is 72.5 Å². The molecule has 0 unspecified atom stereocenters. The molecule has 0 saturated carbocycles. The number of nitrogens with one attached hydrogen (secondary N) is 2. The Morgan fingerprint density at radius 2 is 1.61 bits per heavy atom. The summed E-state index contributed by atoms with van der Waals surface area (Å²) in [6.45, 7) is 0. The fourth-order valence-corrected chi connectivity index (χ4v) is 2.49. The first kappa shape index (κ1) is 19.1. The lowest BCUT2D eigenvalue weighted by atomic mass is 10.2. The first-order valence-corrected chi connectivity index (χ1v) is 8.20. The second-order valence-electron chi connectivity index (χ2n) is 5.74. The van der Waals surface area contributed by atoms with Crippen LogP contribution in [0.3, 0.4) is 0 Å². The van der Waals surface area contributed by atoms with E-state index in [-0.39, 0.29) is 5.56 Å². The molecule has 0 radical (unpaired) electrons. The lowest BCUT2D eigenvalue weighted by Gasteiger charge is -2.11. The van der Waals surface area contributed by atoms with Crippen molar-refractivity contribution in [3.05, 3.63) is 72.1 Å². The second kappa shape index (κ2) is 8.34. The Balaban J connectivity index is 1.76. The van der Waals surface area contributed by atoms with Crippen LogP contribution in [0.1, 0.15) is 10.4 Å². The molecule has 1 aromatic heterocycles. The molecule has 3 rings (SSSR count). The van der Waals surface area contributed by atoms with E-state index in [1.807, 2.05) is 0 Å². The maximum absolute atomic E-state index is 13.3. The average molecular weight is 385 g/mol. The van der Waals surface area contributed by atoms with Crippen LogP contribution in [0.4, 0.5) is 25.8 Å². The van der Waals surface area contributed by atoms with Crippen LogP contribution in [0.5, 0.6) is 11.5 Å². The Hall–Kier alpha value is -3.68. The van der Waals surface area contributed by atoms with Crippen molar-refractivity contribution in [2.75, 3.05) is 24.9 Å². The molecule has 3 aromatic rings. The summed E-state index contributed by atoms with van der Waals surface area (Å²) >= 11 is 0. The molecule has 0 aliphatic carbocycles. The highest BCUT2D eigenvalue weighted by Gasteiger charge is 2.11. The summed E-state index contributed by atoms with van der Waals surface area (Å²) in [5.74, 6) is -1.28. The maximum atomic E-state index is 13.3. The normalized spacial score (nSPS) is 10.3. The highest BCUT2D eigenvalue weighted by Crippen LogP contribution is 2.30. The molecule has 0 fully saturated rings. The number of carbonyl (C=O) groups is 1. The molecule has 8 heteroatoms. The molecule has 6 nitrogen and oxygen atoms in total. The molecule has 0 aliphatic heterocycles. The van der Waals surface area contributed by atoms with E-state index < -0.39 is 17.5 Å². The molecular formula is C20H17F2N3O3. The highest BCUT2D eigenvalue weighted by molar-refractivity contribution is 6.04. The van der Waals surface area contributed by atoms with Gasteiger partial charge in [-0.15, -0.1) is 0 Å². The van der Waals surface area contributed by atoms with Gasteiger partial charge in [-0.25, -0.2) is 8.78 Å². The number of ether oxygens (including phenoxy) is 2. The number of halogens is 2. The van der Waals surface area contributed by atoms with Crippen molar-refractivity contribution >= 4 is 23.0 Å². The summed E-state index contributed by atoms with van der Waals surface area (Å²) in [5, 5.41) is 5.62. The standard InChI is InChI=1S/C20H17F2N3O3/c1-27-18-6-4-14(9-19(18)28-2)25-20(26)12-7-15(11-23-10-12)24-13-3-5-16(21)17(22)8-13/h3-11,24H,1-2H3,(H,25,26). The third-order valence-electron chi connectivity index (χ3n) is 3.85. The van der Waals surface area contributed by atoms with Crippen molar-refractivity contribution in [2.24, 2.45) is 0 Å². The van der Waals surface area contributed by atoms with Crippen molar-refractivity contribution in [2.45, 2.75) is 0 Å². The van der Waals surface area contributed by atoms with E-state index in [9.17, 15) is 13.6 Å². The number of anilines is 3. The van der Waals surface area contributed by atoms with Gasteiger partial charge in [0.05, 0.1) is 31.7 Å². The lowest BCUT2D eigenvalue weighted by Crippen LogP contribution is -2.12. The molecule has 0 aliphatic rings. The van der Waals surface area contributed by atoms with Crippen LogP contribution >= 0.6 is 0 Å². The number of aromatic nitrogens is 1. The van der Waals surface area contributed by atoms with Gasteiger partial charge < -0.3 is 20.1 Å². The molecule has 1 amide bonds. The van der Waals surface area contributed by atoms with E-state index in [4.69, 9.17) is 9.47 Å². The Labute approximate surface area is 160 Å². The largest absolute Gasteiger partial charge is 0.493 e. The van der Waals surface area contributed by atoms with Crippen LogP contribution in [0.2, 0.25) is 0 Å². The van der Waals surface area contributed by atoms with Crippen molar-refractivity contribution in [3.8, 4) is 11.5 Å². The zero-order valence-corrected chi connectivity index (χ0v) is 15.1. The molecule has 0 atom stereocenters. The molecule has 0 saturated heterocycles. The van der Waals surface area contributed by atoms with Crippen LogP contribution < -0.4 is 20.1 Å². The van der Waals surface area contributed by atoms with Crippen LogP contribution in [0.15, 0.2) is 54.9 Å². The van der Waals surface area contributed by atoms with Crippen LogP contribution in [0.25, 0.3) is 0 Å². The number of nitrogens with zero attached hydrogens (tertiary/aromatic N) is 1. The van der Waals surface area contributed by atoms with Gasteiger partial charge in [0.1, 0.15) is 0 Å². The van der Waals surface area contributed by atoms with Crippen LogP contribution in [0, 0.1) is 11.6 Å². The minimum absolute atomic E-state index is 0.280. The van der Waals surface area contributed by atoms with E-state index in [2.05, 4.69) is 15.6 Å². The minimum Gasteiger partial charge on any atom is -0.493 e. The molecule has 0 spiro atoms. The third kappa shape index (κ3) is 4.35. The Bertz CT molecular complexity index is 1010. The van der Waals surface area contributed by atoms with Gasteiger partial charge in [-0.2, -0.15) is 0 Å². The van der Waals surface area contributed by atoms with Crippen LogP contribution in [-0.4, -0.2) is 25.1 Å². The molecule has 1 heterocycles. The number of carbonyl (C=O) groups excluding carboxylic acids is 1. The van der Waals surface area contributed by atoms with Crippen molar-refractivity contribution < 1.29 is 23.0 Å². The van der Waals surface area contributed by atoms with Crippen molar-refractivity contribution in [3.63, 3.8) is 0 Å². The van der Waals surface area contributed by atoms with E-state index in [1.54, 1.807) is 24.3 Å². The maximum Gasteiger partial charge on any atom is 0.257 e. The summed E-state index contributed by atoms with van der Waals surface area (Å²) in [5.41, 5.74) is 1.58. The Morgan fingerprint density at radius 3 is 2.32 bits per heavy atom. The smallest absolute Gasteiger partial charge is 0.257 e. The number of hydrogen-bond donors (Lipinski definition) is 2. The predicted molar refractivity (Wildman–Crippen MR) is 101 cm³/mol. The quantitative estimate of drug-likeness (QED) is 0.659. The first-order valence-electron chi connectivity index (χ1n) is 8.20. The first-order chi connectivity index (χ1) is 13.5. The summed E-state index contributed by atoms with van der Waals surface area (Å²) in [6.07, 6.45) is 2.86. The summed E-state index contributed by atoms with van der Waals surface area (Å²) < 4.78 is 36.7. The molecule has 28 heavy (non-hydrogen) atoms. The zero-order chi connectivity index (χ0) is 20.1. The van der Waals surface area contributed by atoms with E-state index >= 15 is 0 Å². The number of benzene rings is 2. The number of hydrogen-bond acceptors (Lipinski definition) is 5. The monoisotopic (exact) mass is 385 g/mol. The van der Waals surface area contributed by atoms with Gasteiger partial charge in [-0.1, -0.05) is 0 Å². The molecule has 144 valence electrons. The number of amides is 1. The fraction of sp³-hybridized carbons (Fsp3) is 0.100. The van der Waals surface area contributed by atoms with Gasteiger partial charge in [0.15, 0.2) is 23.1 Å². The van der Waals surface area contributed by atoms with E-state index in [0.717, 1.165) is 12.1 Å². The van der Waals surface area contributed by atoms with Gasteiger partial charge >= 0.3 is 0 Å². The fourth-order valence-electron chi connectivity index (χ4n) is 2.49. The summed E-state index contributed by atoms with van der Waals surface area (Å²) in [4.78, 5) is 16.5. The van der Waals surface area contributed by atoms with E-state index in [0.29, 0.717) is 28.6 Å². The number of methoxy groups -OCH3 is 2. The zero-order valence-electron chi connectivity index (χ0n) is 15.1. The van der Waals surface area contributed by atoms with E-state index in [1.165, 1.54) is 32.7 Å². The molecule has 2 N–H and O–H groups in total. The van der Waals surface area contributed by atoms with Gasteiger partial charge in [0.25, 0.3) is 5.91 Å². The highest BCUT2D eigenvalue weighted by atomic mass is 19.2. The van der Waals surface area contributed by atoms with Crippen LogP contribution in [-0.2, 0) is 0 Å². The van der Waals surface area contributed by atoms with Gasteiger partial charge in [-0.05, 0) is 30.3 Å². The van der Waals surface area contributed by atoms with Crippen molar-refractivity contribution in [1.29, 1.82) is 0 Å². The lowest BCUT2D eigenvalue weighted by molar-refractivity contribution is 0.102. The van der Waals surface area contributed by atoms with Crippen molar-refractivity contribution in [1.82, 2.24) is 4.98 Å². The third-order valence-corrected chi connectivity index (χ3v) is 3.85. The Kier molecular flexibility index (Phi) is 5.69. The molecular weight excluding hydrogens is 368 g/mol. The van der Waals surface area contributed by atoms with Gasteiger partial charge in [0.2, 0.25) is 0 Å². The second-order valence-corrected chi connectivity index (χ2v) is 5.74. The SMILES string of the molecule is COc1ccc(NC(=O)c2cncc(Nc3ccc(F)c(F)c3)c2)cc1OC. The van der Waals surface area contributed by atoms with Gasteiger partial charge in [0, 0.05) is 29.7 Å². The molecule has 2 aromatic carbocycles. The number of rotatable bonds is 6. The molecule has 0 bridgehead atoms. The summed E-state index contributed by atoms with van der Waals surface area (Å²) in [6, 6.07) is 9.95. The average Bonchev–Trinajstić information content (AvgIpc) is 2.71. The Morgan fingerprint density at radius 1 is 0.857 bits per heavy atom. The minimum atomic E-state index is -0.972.